The van der Waals surface area contributed by atoms with E-state index < -0.39 is 5.82 Å². The first kappa shape index (κ1) is 7.96. The smallest absolute Gasteiger partial charge is 0.142 e. The third-order valence-electron chi connectivity index (χ3n) is 1.13. The molecular weight excluding hydrogens is 167 g/mol. The van der Waals surface area contributed by atoms with Crippen LogP contribution in [0.25, 0.3) is 0 Å². The fourth-order valence-electron chi connectivity index (χ4n) is 0.648. The van der Waals surface area contributed by atoms with Gasteiger partial charge >= 0.3 is 0 Å². The van der Waals surface area contributed by atoms with Crippen LogP contribution in [0.3, 0.4) is 0 Å². The van der Waals surface area contributed by atoms with Crippen LogP contribution in [0, 0.1) is 17.1 Å². The van der Waals surface area contributed by atoms with Gasteiger partial charge in [0.25, 0.3) is 0 Å². The number of hydrogen-bond acceptors (Lipinski definition) is 2. The van der Waals surface area contributed by atoms with Gasteiger partial charge in [-0.2, -0.15) is 5.26 Å². The average molecular weight is 171 g/mol. The highest BCUT2D eigenvalue weighted by Crippen LogP contribution is 2.14. The molecule has 0 aliphatic heterocycles. The van der Waals surface area contributed by atoms with Crippen molar-refractivity contribution < 1.29 is 4.39 Å². The SMILES string of the molecule is N#CCc1ncc(F)cc1Cl. The minimum Gasteiger partial charge on any atom is -0.256 e. The molecule has 56 valence electrons. The second-order valence-electron chi connectivity index (χ2n) is 1.92. The summed E-state index contributed by atoms with van der Waals surface area (Å²) in [5.41, 5.74) is 0.413. The highest BCUT2D eigenvalue weighted by Gasteiger charge is 2.01. The fraction of sp³-hybridized carbons (Fsp3) is 0.143. The van der Waals surface area contributed by atoms with Crippen LogP contribution in [-0.2, 0) is 6.42 Å². The lowest BCUT2D eigenvalue weighted by atomic mass is 10.3. The summed E-state index contributed by atoms with van der Waals surface area (Å²) in [6.45, 7) is 0. The molecule has 2 nitrogen and oxygen atoms in total. The summed E-state index contributed by atoms with van der Waals surface area (Å²) < 4.78 is 12.4. The Morgan fingerprint density at radius 1 is 1.73 bits per heavy atom. The fourth-order valence-corrected chi connectivity index (χ4v) is 0.868. The summed E-state index contributed by atoms with van der Waals surface area (Å²) in [5, 5.41) is 8.47. The van der Waals surface area contributed by atoms with Crippen LogP contribution in [0.1, 0.15) is 5.69 Å². The summed E-state index contributed by atoms with van der Waals surface area (Å²) in [7, 11) is 0. The average Bonchev–Trinajstić information content (AvgIpc) is 1.95. The highest BCUT2D eigenvalue weighted by atomic mass is 35.5. The zero-order valence-electron chi connectivity index (χ0n) is 5.51. The zero-order chi connectivity index (χ0) is 8.27. The molecule has 0 saturated carbocycles. The van der Waals surface area contributed by atoms with Crippen LogP contribution in [0.15, 0.2) is 12.3 Å². The van der Waals surface area contributed by atoms with Gasteiger partial charge < -0.3 is 0 Å². The lowest BCUT2D eigenvalue weighted by Crippen LogP contribution is -1.89. The second-order valence-corrected chi connectivity index (χ2v) is 2.32. The largest absolute Gasteiger partial charge is 0.256 e. The Kier molecular flexibility index (Phi) is 2.40. The zero-order valence-corrected chi connectivity index (χ0v) is 6.27. The Balaban J connectivity index is 3.01. The van der Waals surface area contributed by atoms with E-state index in [-0.39, 0.29) is 11.4 Å². The number of nitrogens with zero attached hydrogens (tertiary/aromatic N) is 2. The molecule has 0 amide bonds. The van der Waals surface area contributed by atoms with Gasteiger partial charge in [0.05, 0.1) is 29.4 Å². The molecule has 0 aliphatic rings. The van der Waals surface area contributed by atoms with Crippen molar-refractivity contribution >= 4 is 11.6 Å². The molecule has 0 fully saturated rings. The lowest BCUT2D eigenvalue weighted by molar-refractivity contribution is 0.620. The second kappa shape index (κ2) is 3.31. The maximum Gasteiger partial charge on any atom is 0.142 e. The third kappa shape index (κ3) is 1.89. The summed E-state index contributed by atoms with van der Waals surface area (Å²) in [4.78, 5) is 3.64. The Morgan fingerprint density at radius 3 is 3.00 bits per heavy atom. The van der Waals surface area contributed by atoms with E-state index in [9.17, 15) is 4.39 Å². The van der Waals surface area contributed by atoms with Gasteiger partial charge in [-0.1, -0.05) is 11.6 Å². The normalized spacial score (nSPS) is 9.18. The number of halogens is 2. The van der Waals surface area contributed by atoms with Crippen LogP contribution < -0.4 is 0 Å². The predicted molar refractivity (Wildman–Crippen MR) is 38.5 cm³/mol. The predicted octanol–water partition coefficient (Wildman–Crippen LogP) is 1.94. The molecule has 0 spiro atoms. The maximum atomic E-state index is 12.4. The van der Waals surface area contributed by atoms with Crippen molar-refractivity contribution in [2.45, 2.75) is 6.42 Å². The van der Waals surface area contributed by atoms with E-state index in [0.717, 1.165) is 12.3 Å². The molecule has 0 bridgehead atoms. The molecule has 0 radical (unpaired) electrons. The van der Waals surface area contributed by atoms with E-state index in [1.807, 2.05) is 6.07 Å². The summed E-state index contributed by atoms with van der Waals surface area (Å²) in [6.07, 6.45) is 1.15. The molecule has 4 heteroatoms. The Bertz CT molecular complexity index is 306. The quantitative estimate of drug-likeness (QED) is 0.646. The molecule has 0 saturated heterocycles. The number of rotatable bonds is 1. The maximum absolute atomic E-state index is 12.4. The summed E-state index contributed by atoms with van der Waals surface area (Å²) in [6, 6.07) is 3.01. The number of nitriles is 1. The van der Waals surface area contributed by atoms with Crippen LogP contribution >= 0.6 is 11.6 Å². The molecular formula is C7H4ClFN2. The van der Waals surface area contributed by atoms with Crippen molar-refractivity contribution in [1.29, 1.82) is 5.26 Å². The molecule has 0 aromatic carbocycles. The number of pyridine rings is 1. The topological polar surface area (TPSA) is 36.7 Å². The van der Waals surface area contributed by atoms with E-state index in [1.54, 1.807) is 0 Å². The Morgan fingerprint density at radius 2 is 2.45 bits per heavy atom. The van der Waals surface area contributed by atoms with Crippen LogP contribution in [0.5, 0.6) is 0 Å². The Hall–Kier alpha value is -1.14. The van der Waals surface area contributed by atoms with E-state index in [0.29, 0.717) is 5.69 Å². The van der Waals surface area contributed by atoms with Crippen molar-refractivity contribution in [1.82, 2.24) is 4.98 Å². The van der Waals surface area contributed by atoms with Gasteiger partial charge in [-0.05, 0) is 6.07 Å². The van der Waals surface area contributed by atoms with E-state index >= 15 is 0 Å². The molecule has 1 aromatic rings. The Labute approximate surface area is 68.2 Å². The number of aromatic nitrogens is 1. The van der Waals surface area contributed by atoms with Gasteiger partial charge in [-0.25, -0.2) is 4.39 Å². The van der Waals surface area contributed by atoms with E-state index in [1.165, 1.54) is 0 Å². The first-order valence-electron chi connectivity index (χ1n) is 2.91. The monoisotopic (exact) mass is 170 g/mol. The molecule has 1 rings (SSSR count). The minimum atomic E-state index is -0.489. The molecule has 11 heavy (non-hydrogen) atoms. The lowest BCUT2D eigenvalue weighted by Gasteiger charge is -1.95. The van der Waals surface area contributed by atoms with E-state index in [2.05, 4.69) is 4.98 Å². The molecule has 0 N–H and O–H groups in total. The van der Waals surface area contributed by atoms with Gasteiger partial charge in [0.15, 0.2) is 0 Å². The van der Waals surface area contributed by atoms with Gasteiger partial charge in [0.1, 0.15) is 5.82 Å². The third-order valence-corrected chi connectivity index (χ3v) is 1.46. The summed E-state index contributed by atoms with van der Waals surface area (Å²) in [5.74, 6) is -0.489. The molecule has 0 atom stereocenters. The van der Waals surface area contributed by atoms with Gasteiger partial charge in [0, 0.05) is 0 Å². The van der Waals surface area contributed by atoms with Crippen LogP contribution in [0.2, 0.25) is 5.02 Å². The van der Waals surface area contributed by atoms with Gasteiger partial charge in [-0.15, -0.1) is 0 Å². The van der Waals surface area contributed by atoms with Crippen molar-refractivity contribution in [3.05, 3.63) is 28.8 Å². The van der Waals surface area contributed by atoms with Crippen molar-refractivity contribution in [2.75, 3.05) is 0 Å². The van der Waals surface area contributed by atoms with Gasteiger partial charge in [-0.3, -0.25) is 4.98 Å². The minimum absolute atomic E-state index is 0.110. The highest BCUT2D eigenvalue weighted by molar-refractivity contribution is 6.31. The molecule has 0 aliphatic carbocycles. The van der Waals surface area contributed by atoms with Crippen molar-refractivity contribution in [3.63, 3.8) is 0 Å². The van der Waals surface area contributed by atoms with Crippen molar-refractivity contribution in [3.8, 4) is 6.07 Å². The van der Waals surface area contributed by atoms with Gasteiger partial charge in [0.2, 0.25) is 0 Å². The van der Waals surface area contributed by atoms with Crippen molar-refractivity contribution in [2.24, 2.45) is 0 Å². The standard InChI is InChI=1S/C7H4ClFN2/c8-6-3-5(9)4-11-7(6)1-2-10/h3-4H,1H2. The number of hydrogen-bond donors (Lipinski definition) is 0. The molecule has 1 aromatic heterocycles. The van der Waals surface area contributed by atoms with Crippen LogP contribution in [0.4, 0.5) is 4.39 Å². The van der Waals surface area contributed by atoms with Crippen LogP contribution in [-0.4, -0.2) is 4.98 Å². The molecule has 0 unspecified atom stereocenters. The first-order chi connectivity index (χ1) is 5.24. The van der Waals surface area contributed by atoms with E-state index in [4.69, 9.17) is 16.9 Å². The first-order valence-corrected chi connectivity index (χ1v) is 3.28. The summed E-state index contributed by atoms with van der Waals surface area (Å²) >= 11 is 5.55. The molecule has 1 heterocycles.